The van der Waals surface area contributed by atoms with E-state index in [-0.39, 0.29) is 40.3 Å². The number of primary amides is 1. The van der Waals surface area contributed by atoms with E-state index in [4.69, 9.17) is 19.6 Å². The van der Waals surface area contributed by atoms with Gasteiger partial charge in [-0.15, -0.1) is 0 Å². The van der Waals surface area contributed by atoms with Gasteiger partial charge < -0.3 is 19.6 Å². The number of hydrogen-bond donors (Lipinski definition) is 1. The predicted molar refractivity (Wildman–Crippen MR) is 132 cm³/mol. The van der Waals surface area contributed by atoms with E-state index in [9.17, 15) is 24.5 Å². The van der Waals surface area contributed by atoms with Crippen LogP contribution in [0.1, 0.15) is 39.3 Å². The quantitative estimate of drug-likeness (QED) is 0.149. The number of fused-ring (bicyclic) bond motifs is 1. The van der Waals surface area contributed by atoms with Crippen LogP contribution in [0.3, 0.4) is 0 Å². The van der Waals surface area contributed by atoms with Crippen LogP contribution in [0.15, 0.2) is 51.7 Å². The molecule has 0 aliphatic carbocycles. The van der Waals surface area contributed by atoms with Gasteiger partial charge in [0.2, 0.25) is 0 Å². The van der Waals surface area contributed by atoms with Crippen molar-refractivity contribution in [3.63, 3.8) is 0 Å². The summed E-state index contributed by atoms with van der Waals surface area (Å²) in [6, 6.07) is 10.8. The number of rotatable bonds is 9. The average Bonchev–Trinajstić information content (AvgIpc) is 2.76. The lowest BCUT2D eigenvalue weighted by Gasteiger charge is -2.17. The van der Waals surface area contributed by atoms with Gasteiger partial charge in [0.1, 0.15) is 23.0 Å². The summed E-state index contributed by atoms with van der Waals surface area (Å²) in [4.78, 5) is 46.8. The van der Waals surface area contributed by atoms with E-state index >= 15 is 0 Å². The zero-order valence-electron chi connectivity index (χ0n) is 19.8. The zero-order valence-corrected chi connectivity index (χ0v) is 20.8. The third kappa shape index (κ3) is 6.32. The number of nitrogens with zero attached hydrogens (tertiary/aromatic N) is 1. The third-order valence-corrected chi connectivity index (χ3v) is 6.98. The van der Waals surface area contributed by atoms with Crippen LogP contribution in [0.5, 0.6) is 5.75 Å². The van der Waals surface area contributed by atoms with Gasteiger partial charge in [-0.3, -0.25) is 14.9 Å². The molecule has 1 amide bonds. The monoisotopic (exact) mass is 498 g/mol. The Labute approximate surface area is 201 Å². The maximum atomic E-state index is 12.4. The Morgan fingerprint density at radius 3 is 2.49 bits per heavy atom. The van der Waals surface area contributed by atoms with Crippen LogP contribution in [-0.2, 0) is 4.74 Å². The van der Waals surface area contributed by atoms with Crippen molar-refractivity contribution in [1.82, 2.24) is 0 Å². The second-order valence-electron chi connectivity index (χ2n) is 9.25. The Hall–Kier alpha value is -3.99. The van der Waals surface area contributed by atoms with Crippen LogP contribution in [0, 0.1) is 10.1 Å². The fourth-order valence-corrected chi connectivity index (χ4v) is 4.02. The summed E-state index contributed by atoms with van der Waals surface area (Å²) in [7, 11) is -1.39. The highest BCUT2D eigenvalue weighted by Gasteiger charge is 2.24. The molecule has 3 aromatic rings. The molecule has 0 aliphatic rings. The first-order chi connectivity index (χ1) is 16.4. The van der Waals surface area contributed by atoms with Gasteiger partial charge in [-0.1, -0.05) is 19.6 Å². The molecule has 2 N–H and O–H groups in total. The van der Waals surface area contributed by atoms with Gasteiger partial charge in [0, 0.05) is 25.6 Å². The maximum absolute atomic E-state index is 12.4. The molecule has 0 fully saturated rings. The number of ether oxygens (including phenoxy) is 2. The number of nitro benzene ring substituents is 1. The van der Waals surface area contributed by atoms with E-state index in [1.165, 1.54) is 30.3 Å². The van der Waals surface area contributed by atoms with Crippen LogP contribution < -0.4 is 16.1 Å². The normalized spacial score (nSPS) is 12.2. The van der Waals surface area contributed by atoms with Crippen molar-refractivity contribution in [2.24, 2.45) is 5.73 Å². The highest BCUT2D eigenvalue weighted by Crippen LogP contribution is 2.31. The number of esters is 1. The van der Waals surface area contributed by atoms with Crippen LogP contribution >= 0.6 is 0 Å². The molecule has 0 saturated heterocycles. The Morgan fingerprint density at radius 2 is 1.86 bits per heavy atom. The topological polar surface area (TPSA) is 152 Å². The minimum Gasteiger partial charge on any atom is -0.486 e. The Morgan fingerprint density at radius 1 is 1.14 bits per heavy atom. The molecule has 0 aliphatic heterocycles. The summed E-state index contributed by atoms with van der Waals surface area (Å²) in [6.07, 6.45) is -0.776. The number of benzene rings is 2. The summed E-state index contributed by atoms with van der Waals surface area (Å²) < 4.78 is 16.3. The molecule has 11 heteroatoms. The molecular formula is C24H26N2O8Si. The van der Waals surface area contributed by atoms with Gasteiger partial charge in [0.25, 0.3) is 11.6 Å². The summed E-state index contributed by atoms with van der Waals surface area (Å²) in [6.45, 7) is 8.35. The van der Waals surface area contributed by atoms with Crippen LogP contribution in [0.2, 0.25) is 25.7 Å². The second-order valence-corrected chi connectivity index (χ2v) is 14.9. The maximum Gasteiger partial charge on any atom is 0.349 e. The minimum absolute atomic E-state index is 0.0842. The largest absolute Gasteiger partial charge is 0.486 e. The molecular weight excluding hydrogens is 472 g/mol. The number of hydrogen-bond acceptors (Lipinski definition) is 8. The lowest BCUT2D eigenvalue weighted by atomic mass is 10.0. The number of carbonyl (C=O) groups is 2. The molecule has 1 unspecified atom stereocenters. The number of carbonyl (C=O) groups excluding carboxylic acids is 2. The minimum atomic E-state index is -1.39. The van der Waals surface area contributed by atoms with Gasteiger partial charge in [-0.05, 0) is 43.3 Å². The Balaban J connectivity index is 1.82. The van der Waals surface area contributed by atoms with Crippen molar-refractivity contribution in [3.05, 3.63) is 79.7 Å². The first-order valence-electron chi connectivity index (χ1n) is 10.9. The molecule has 0 bridgehead atoms. The molecule has 10 nitrogen and oxygen atoms in total. The molecule has 2 aromatic carbocycles. The SMILES string of the molecule is CC(Oc1ccc2cc(C(N)=O)c(=O)oc2c1)c1ccc(C(=O)OCC[Si](C)(C)C)cc1[N+](=O)[O-]. The van der Waals surface area contributed by atoms with E-state index in [2.05, 4.69) is 19.6 Å². The average molecular weight is 499 g/mol. The summed E-state index contributed by atoms with van der Waals surface area (Å²) in [5.74, 6) is -1.24. The molecule has 0 saturated carbocycles. The van der Waals surface area contributed by atoms with Gasteiger partial charge in [-0.2, -0.15) is 0 Å². The lowest BCUT2D eigenvalue weighted by molar-refractivity contribution is -0.386. The number of amides is 1. The Kier molecular flexibility index (Phi) is 7.39. The van der Waals surface area contributed by atoms with E-state index in [0.717, 1.165) is 6.04 Å². The first kappa shape index (κ1) is 25.6. The van der Waals surface area contributed by atoms with Crippen LogP contribution in [0.4, 0.5) is 5.69 Å². The number of nitro groups is 1. The molecule has 3 rings (SSSR count). The number of nitrogens with two attached hydrogens (primary N) is 1. The molecule has 1 heterocycles. The molecule has 0 spiro atoms. The van der Waals surface area contributed by atoms with Crippen molar-refractivity contribution >= 4 is 36.6 Å². The third-order valence-electron chi connectivity index (χ3n) is 5.27. The van der Waals surface area contributed by atoms with Crippen molar-refractivity contribution in [2.75, 3.05) is 6.61 Å². The van der Waals surface area contributed by atoms with Crippen molar-refractivity contribution in [3.8, 4) is 5.75 Å². The smallest absolute Gasteiger partial charge is 0.349 e. The van der Waals surface area contributed by atoms with Gasteiger partial charge in [0.15, 0.2) is 0 Å². The first-order valence-corrected chi connectivity index (χ1v) is 14.6. The summed E-state index contributed by atoms with van der Waals surface area (Å²) >= 11 is 0. The fraction of sp³-hybridized carbons (Fsp3) is 0.292. The van der Waals surface area contributed by atoms with E-state index in [0.29, 0.717) is 5.39 Å². The van der Waals surface area contributed by atoms with Gasteiger partial charge >= 0.3 is 11.6 Å². The van der Waals surface area contributed by atoms with Crippen molar-refractivity contribution in [1.29, 1.82) is 0 Å². The zero-order chi connectivity index (χ0) is 25.9. The fourth-order valence-electron chi connectivity index (χ4n) is 3.31. The van der Waals surface area contributed by atoms with E-state index < -0.39 is 36.6 Å². The van der Waals surface area contributed by atoms with Gasteiger partial charge in [0.05, 0.1) is 22.7 Å². The van der Waals surface area contributed by atoms with Crippen molar-refractivity contribution < 1.29 is 28.4 Å². The van der Waals surface area contributed by atoms with Crippen molar-refractivity contribution in [2.45, 2.75) is 38.7 Å². The summed E-state index contributed by atoms with van der Waals surface area (Å²) in [5, 5.41) is 12.2. The highest BCUT2D eigenvalue weighted by molar-refractivity contribution is 6.76. The van der Waals surface area contributed by atoms with Crippen LogP contribution in [0.25, 0.3) is 11.0 Å². The highest BCUT2D eigenvalue weighted by atomic mass is 28.3. The predicted octanol–water partition coefficient (Wildman–Crippen LogP) is 4.44. The molecule has 0 radical (unpaired) electrons. The molecule has 184 valence electrons. The lowest BCUT2D eigenvalue weighted by Crippen LogP contribution is -2.22. The van der Waals surface area contributed by atoms with E-state index in [1.807, 2.05) is 0 Å². The standard InChI is InChI=1S/C24H26N2O8Si/c1-14(33-17-7-5-15-11-19(22(25)27)24(29)34-21(15)13-17)18-8-6-16(12-20(18)26(30)31)23(28)32-9-10-35(2,3)4/h5-8,11-14H,9-10H2,1-4H3,(H2,25,27). The van der Waals surface area contributed by atoms with Gasteiger partial charge in [-0.25, -0.2) is 9.59 Å². The summed E-state index contributed by atoms with van der Waals surface area (Å²) in [5.41, 5.74) is 4.24. The molecule has 1 atom stereocenters. The van der Waals surface area contributed by atoms with E-state index in [1.54, 1.807) is 19.1 Å². The Bertz CT molecular complexity index is 1360. The molecule has 1 aromatic heterocycles. The van der Waals surface area contributed by atoms with Crippen LogP contribution in [-0.4, -0.2) is 31.5 Å². The second kappa shape index (κ2) is 10.1. The molecule has 35 heavy (non-hydrogen) atoms.